The number of fused-ring (bicyclic) bond motifs is 1. The van der Waals surface area contributed by atoms with Crippen LogP contribution in [-0.2, 0) is 26.2 Å². The van der Waals surface area contributed by atoms with Gasteiger partial charge in [-0.1, -0.05) is 41.9 Å². The van der Waals surface area contributed by atoms with E-state index in [2.05, 4.69) is 0 Å². The van der Waals surface area contributed by atoms with Crippen LogP contribution in [0, 0.1) is 23.0 Å². The zero-order valence-electron chi connectivity index (χ0n) is 26.3. The lowest BCUT2D eigenvalue weighted by atomic mass is 9.85. The number of carbonyl (C=O) groups is 1. The molecule has 0 spiro atoms. The van der Waals surface area contributed by atoms with E-state index < -0.39 is 28.9 Å². The van der Waals surface area contributed by atoms with Gasteiger partial charge in [-0.15, -0.1) is 0 Å². The van der Waals surface area contributed by atoms with Gasteiger partial charge in [-0.3, -0.25) is 0 Å². The molecule has 2 heterocycles. The highest BCUT2D eigenvalue weighted by Gasteiger charge is 2.46. The fourth-order valence-electron chi connectivity index (χ4n) is 5.75. The number of halogens is 3. The average Bonchev–Trinajstić information content (AvgIpc) is 3.39. The van der Waals surface area contributed by atoms with Crippen LogP contribution >= 0.6 is 11.6 Å². The molecular formula is C35H37ClF2N2O6. The Morgan fingerprint density at radius 2 is 1.89 bits per heavy atom. The second-order valence-electron chi connectivity index (χ2n) is 12.4. The molecule has 2 aliphatic heterocycles. The number of benzene rings is 3. The van der Waals surface area contributed by atoms with E-state index in [1.54, 1.807) is 27.8 Å². The molecule has 1 fully saturated rings. The molecule has 0 N–H and O–H groups in total. The van der Waals surface area contributed by atoms with E-state index >= 15 is 8.78 Å². The Balaban J connectivity index is 1.51. The fourth-order valence-corrected chi connectivity index (χ4v) is 6.01. The van der Waals surface area contributed by atoms with E-state index in [4.69, 9.17) is 35.3 Å². The van der Waals surface area contributed by atoms with Crippen LogP contribution in [0.4, 0.5) is 13.6 Å². The molecule has 3 aromatic carbocycles. The summed E-state index contributed by atoms with van der Waals surface area (Å²) in [6.07, 6.45) is 1.95. The molecular weight excluding hydrogens is 618 g/mol. The molecule has 0 aromatic heterocycles. The Morgan fingerprint density at radius 1 is 1.13 bits per heavy atom. The number of nitriles is 1. The van der Waals surface area contributed by atoms with Gasteiger partial charge in [0.15, 0.2) is 23.5 Å². The van der Waals surface area contributed by atoms with Gasteiger partial charge < -0.3 is 28.6 Å². The summed E-state index contributed by atoms with van der Waals surface area (Å²) in [5.41, 5.74) is -1.14. The van der Waals surface area contributed by atoms with Crippen molar-refractivity contribution >= 4 is 17.7 Å². The van der Waals surface area contributed by atoms with E-state index in [0.29, 0.717) is 17.7 Å². The smallest absolute Gasteiger partial charge is 0.410 e. The Hall–Kier alpha value is -3.91. The summed E-state index contributed by atoms with van der Waals surface area (Å²) in [6.45, 7) is 6.12. The predicted octanol–water partition coefficient (Wildman–Crippen LogP) is 7.78. The van der Waals surface area contributed by atoms with E-state index in [-0.39, 0.29) is 65.7 Å². The van der Waals surface area contributed by atoms with Crippen LogP contribution in [-0.4, -0.2) is 56.3 Å². The third-order valence-electron chi connectivity index (χ3n) is 7.81. The minimum Gasteiger partial charge on any atom is -0.488 e. The van der Waals surface area contributed by atoms with Crippen LogP contribution in [0.15, 0.2) is 48.5 Å². The maximum Gasteiger partial charge on any atom is 0.410 e. The number of carbonyl (C=O) groups excluding carboxylic acids is 1. The van der Waals surface area contributed by atoms with Crippen molar-refractivity contribution in [1.82, 2.24) is 4.90 Å². The Bertz CT molecular complexity index is 1620. The summed E-state index contributed by atoms with van der Waals surface area (Å²) in [5, 5.41) is 9.63. The van der Waals surface area contributed by atoms with Crippen molar-refractivity contribution in [3.05, 3.63) is 81.9 Å². The molecule has 2 atom stereocenters. The normalized spacial score (nSPS) is 19.1. The standard InChI is InChI=1S/C35H37ClF2N2O6/c1-34(2,3)46-33(41)40(4)21-35(23-10-6-5-7-11-23)19-24-27(45-35)18-25(37)31(36)30(24)29-22(20-39)13-14-26(32(29)38)42-16-17-44-28-12-8-9-15-43-28/h5-7,10-11,13-14,18,28H,8-9,12,15-17,19,21H2,1-4H3/t28-,35+/m0/s1. The quantitative estimate of drug-likeness (QED) is 0.218. The second-order valence-corrected chi connectivity index (χ2v) is 12.8. The van der Waals surface area contributed by atoms with E-state index in [1.807, 2.05) is 36.4 Å². The molecule has 11 heteroatoms. The summed E-state index contributed by atoms with van der Waals surface area (Å²) < 4.78 is 60.8. The van der Waals surface area contributed by atoms with Crippen molar-refractivity contribution in [2.75, 3.05) is 33.4 Å². The number of rotatable bonds is 9. The largest absolute Gasteiger partial charge is 0.488 e. The maximum absolute atomic E-state index is 16.3. The van der Waals surface area contributed by atoms with Crippen molar-refractivity contribution in [1.29, 1.82) is 5.26 Å². The zero-order valence-corrected chi connectivity index (χ0v) is 27.1. The highest BCUT2D eigenvalue weighted by molar-refractivity contribution is 6.34. The molecule has 2 aliphatic rings. The first-order valence-electron chi connectivity index (χ1n) is 15.2. The summed E-state index contributed by atoms with van der Waals surface area (Å²) in [4.78, 5) is 14.4. The molecule has 5 rings (SSSR count). The van der Waals surface area contributed by atoms with Crippen molar-refractivity contribution in [2.24, 2.45) is 0 Å². The highest BCUT2D eigenvalue weighted by atomic mass is 35.5. The Kier molecular flexibility index (Phi) is 10.1. The van der Waals surface area contributed by atoms with Gasteiger partial charge in [0.2, 0.25) is 0 Å². The lowest BCUT2D eigenvalue weighted by Gasteiger charge is -2.34. The first-order chi connectivity index (χ1) is 21.9. The number of likely N-dealkylation sites (N-methyl/N-ethyl adjacent to an activating group) is 1. The summed E-state index contributed by atoms with van der Waals surface area (Å²) >= 11 is 6.58. The molecule has 0 unspecified atom stereocenters. The van der Waals surface area contributed by atoms with Gasteiger partial charge in [0.05, 0.1) is 29.8 Å². The molecule has 1 amide bonds. The van der Waals surface area contributed by atoms with Gasteiger partial charge >= 0.3 is 6.09 Å². The average molecular weight is 655 g/mol. The lowest BCUT2D eigenvalue weighted by Crippen LogP contribution is -2.46. The van der Waals surface area contributed by atoms with Crippen LogP contribution in [0.5, 0.6) is 11.5 Å². The fraction of sp³-hybridized carbons (Fsp3) is 0.429. The number of hydrogen-bond donors (Lipinski definition) is 0. The monoisotopic (exact) mass is 654 g/mol. The van der Waals surface area contributed by atoms with Crippen LogP contribution < -0.4 is 9.47 Å². The molecule has 244 valence electrons. The number of hydrogen-bond acceptors (Lipinski definition) is 7. The third kappa shape index (κ3) is 7.22. The second kappa shape index (κ2) is 13.8. The van der Waals surface area contributed by atoms with E-state index in [1.165, 1.54) is 17.0 Å². The maximum atomic E-state index is 16.3. The highest BCUT2D eigenvalue weighted by Crippen LogP contribution is 2.51. The molecule has 1 saturated heterocycles. The Labute approximate surface area is 272 Å². The molecule has 8 nitrogen and oxygen atoms in total. The number of nitrogens with zero attached hydrogens (tertiary/aromatic N) is 2. The molecule has 0 bridgehead atoms. The third-order valence-corrected chi connectivity index (χ3v) is 8.18. The first-order valence-corrected chi connectivity index (χ1v) is 15.6. The summed E-state index contributed by atoms with van der Waals surface area (Å²) in [6, 6.07) is 15.1. The van der Waals surface area contributed by atoms with Crippen LogP contribution in [0.25, 0.3) is 11.1 Å². The van der Waals surface area contributed by atoms with Crippen molar-refractivity contribution in [3.63, 3.8) is 0 Å². The Morgan fingerprint density at radius 3 is 2.57 bits per heavy atom. The van der Waals surface area contributed by atoms with Crippen LogP contribution in [0.3, 0.4) is 0 Å². The minimum absolute atomic E-state index is 0.0132. The van der Waals surface area contributed by atoms with Crippen LogP contribution in [0.1, 0.15) is 56.7 Å². The molecule has 46 heavy (non-hydrogen) atoms. The number of ether oxygens (including phenoxy) is 5. The van der Waals surface area contributed by atoms with E-state index in [9.17, 15) is 10.1 Å². The molecule has 0 radical (unpaired) electrons. The van der Waals surface area contributed by atoms with Gasteiger partial charge in [0.1, 0.15) is 23.8 Å². The van der Waals surface area contributed by atoms with Crippen molar-refractivity contribution in [2.45, 2.75) is 63.9 Å². The number of amides is 1. The molecule has 0 saturated carbocycles. The van der Waals surface area contributed by atoms with Crippen molar-refractivity contribution in [3.8, 4) is 28.7 Å². The van der Waals surface area contributed by atoms with Crippen molar-refractivity contribution < 1.29 is 37.3 Å². The minimum atomic E-state index is -1.21. The summed E-state index contributed by atoms with van der Waals surface area (Å²) in [5.74, 6) is -1.75. The molecule has 3 aromatic rings. The SMILES string of the molecule is CN(C[C@@]1(c2ccccc2)Cc2c(cc(F)c(Cl)c2-c2c(C#N)ccc(OCCO[C@H]3CCCCO3)c2F)O1)C(=O)OC(C)(C)C. The van der Waals surface area contributed by atoms with Gasteiger partial charge in [-0.25, -0.2) is 13.6 Å². The molecule has 0 aliphatic carbocycles. The topological polar surface area (TPSA) is 90.3 Å². The van der Waals surface area contributed by atoms with Gasteiger partial charge in [0.25, 0.3) is 0 Å². The van der Waals surface area contributed by atoms with Gasteiger partial charge in [-0.2, -0.15) is 5.26 Å². The van der Waals surface area contributed by atoms with Crippen LogP contribution in [0.2, 0.25) is 5.02 Å². The predicted molar refractivity (Wildman–Crippen MR) is 168 cm³/mol. The van der Waals surface area contributed by atoms with Gasteiger partial charge in [-0.05, 0) is 57.7 Å². The van der Waals surface area contributed by atoms with E-state index in [0.717, 1.165) is 25.3 Å². The lowest BCUT2D eigenvalue weighted by molar-refractivity contribution is -0.165. The van der Waals surface area contributed by atoms with Gasteiger partial charge in [0, 0.05) is 42.8 Å². The zero-order chi connectivity index (χ0) is 33.1. The first kappa shape index (κ1) is 33.5. The summed E-state index contributed by atoms with van der Waals surface area (Å²) in [7, 11) is 1.58.